The molecule has 112 valence electrons. The van der Waals surface area contributed by atoms with E-state index in [1.807, 2.05) is 19.9 Å². The lowest BCUT2D eigenvalue weighted by molar-refractivity contribution is 0.291. The number of aromatic nitrogens is 2. The summed E-state index contributed by atoms with van der Waals surface area (Å²) in [6, 6.07) is 7.07. The van der Waals surface area contributed by atoms with E-state index in [0.29, 0.717) is 22.9 Å². The summed E-state index contributed by atoms with van der Waals surface area (Å²) in [6.45, 7) is 4.79. The minimum Gasteiger partial charge on any atom is -0.486 e. The number of nitrogens with two attached hydrogens (primary N) is 1. The van der Waals surface area contributed by atoms with Crippen LogP contribution in [-0.2, 0) is 13.2 Å². The average Bonchev–Trinajstić information content (AvgIpc) is 2.79. The number of benzene rings is 1. The van der Waals surface area contributed by atoms with Crippen molar-refractivity contribution in [1.29, 1.82) is 0 Å². The number of hydrogen-bond acceptors (Lipinski definition) is 4. The molecule has 3 N–H and O–H groups in total. The molecule has 0 atom stereocenters. The quantitative estimate of drug-likeness (QED) is 0.385. The summed E-state index contributed by atoms with van der Waals surface area (Å²) in [4.78, 5) is 0. The number of nitrogens with zero attached hydrogens (tertiary/aromatic N) is 3. The van der Waals surface area contributed by atoms with E-state index in [4.69, 9.17) is 27.3 Å². The van der Waals surface area contributed by atoms with Crippen LogP contribution in [0.5, 0.6) is 5.75 Å². The van der Waals surface area contributed by atoms with Gasteiger partial charge in [0, 0.05) is 6.54 Å². The van der Waals surface area contributed by atoms with Gasteiger partial charge in [-0.3, -0.25) is 4.68 Å². The van der Waals surface area contributed by atoms with Crippen LogP contribution in [0.3, 0.4) is 0 Å². The Balaban J connectivity index is 2.25. The molecule has 1 heterocycles. The predicted molar refractivity (Wildman–Crippen MR) is 80.9 cm³/mol. The fourth-order valence-electron chi connectivity index (χ4n) is 2.01. The van der Waals surface area contributed by atoms with Crippen LogP contribution in [0.2, 0.25) is 5.02 Å². The van der Waals surface area contributed by atoms with Crippen molar-refractivity contribution in [1.82, 2.24) is 9.78 Å². The maximum Gasteiger partial charge on any atom is 0.173 e. The summed E-state index contributed by atoms with van der Waals surface area (Å²) in [5, 5.41) is 16.7. The zero-order valence-electron chi connectivity index (χ0n) is 11.9. The van der Waals surface area contributed by atoms with E-state index in [1.165, 1.54) is 0 Å². The number of halogens is 1. The van der Waals surface area contributed by atoms with E-state index in [0.717, 1.165) is 11.4 Å². The van der Waals surface area contributed by atoms with Crippen LogP contribution in [0.15, 0.2) is 29.4 Å². The number of ether oxygens (including phenoxy) is 1. The van der Waals surface area contributed by atoms with Gasteiger partial charge in [0.15, 0.2) is 5.84 Å². The van der Waals surface area contributed by atoms with Gasteiger partial charge in [-0.2, -0.15) is 5.10 Å². The van der Waals surface area contributed by atoms with E-state index >= 15 is 0 Å². The Morgan fingerprint density at radius 1 is 1.48 bits per heavy atom. The highest BCUT2D eigenvalue weighted by atomic mass is 35.5. The maximum absolute atomic E-state index is 8.80. The number of para-hydroxylation sites is 1. The normalized spacial score (nSPS) is 11.7. The Kier molecular flexibility index (Phi) is 4.70. The van der Waals surface area contributed by atoms with Gasteiger partial charge < -0.3 is 15.7 Å². The summed E-state index contributed by atoms with van der Waals surface area (Å²) in [7, 11) is 0. The highest BCUT2D eigenvalue weighted by Crippen LogP contribution is 2.24. The molecule has 0 spiro atoms. The minimum absolute atomic E-state index is 0.00289. The van der Waals surface area contributed by atoms with Gasteiger partial charge in [0.25, 0.3) is 0 Å². The van der Waals surface area contributed by atoms with Crippen LogP contribution < -0.4 is 10.5 Å². The highest BCUT2D eigenvalue weighted by molar-refractivity contribution is 6.31. The van der Waals surface area contributed by atoms with E-state index < -0.39 is 0 Å². The fourth-order valence-corrected chi connectivity index (χ4v) is 2.20. The lowest BCUT2D eigenvalue weighted by Crippen LogP contribution is -2.15. The number of rotatable bonds is 5. The molecule has 0 saturated heterocycles. The van der Waals surface area contributed by atoms with Gasteiger partial charge in [-0.25, -0.2) is 0 Å². The lowest BCUT2D eigenvalue weighted by Gasteiger charge is -2.11. The molecule has 0 unspecified atom stereocenters. The number of hydrogen-bond donors (Lipinski definition) is 2. The Morgan fingerprint density at radius 3 is 2.86 bits per heavy atom. The molecule has 2 rings (SSSR count). The van der Waals surface area contributed by atoms with Crippen molar-refractivity contribution in [3.8, 4) is 5.75 Å². The first kappa shape index (κ1) is 15.2. The standard InChI is InChI=1S/C14H17ClN4O2/c1-3-19-11(13(15)9(2)17-19)8-21-12-7-5-4-6-10(12)14(16)18-20/h4-7,20H,3,8H2,1-2H3,(H2,16,18). The molecule has 0 aliphatic rings. The Morgan fingerprint density at radius 2 is 2.19 bits per heavy atom. The second kappa shape index (κ2) is 6.49. The zero-order chi connectivity index (χ0) is 15.4. The van der Waals surface area contributed by atoms with Gasteiger partial charge in [0.2, 0.25) is 0 Å². The first-order valence-electron chi connectivity index (χ1n) is 6.50. The number of amidine groups is 1. The van der Waals surface area contributed by atoms with Gasteiger partial charge in [-0.05, 0) is 26.0 Å². The molecule has 6 nitrogen and oxygen atoms in total. The van der Waals surface area contributed by atoms with Gasteiger partial charge >= 0.3 is 0 Å². The topological polar surface area (TPSA) is 85.7 Å². The Bertz CT molecular complexity index is 667. The van der Waals surface area contributed by atoms with Crippen LogP contribution in [0, 0.1) is 6.92 Å². The molecule has 0 amide bonds. The molecule has 0 radical (unpaired) electrons. The van der Waals surface area contributed by atoms with Crippen LogP contribution in [-0.4, -0.2) is 20.8 Å². The average molecular weight is 309 g/mol. The maximum atomic E-state index is 8.80. The van der Waals surface area contributed by atoms with Crippen LogP contribution in [0.4, 0.5) is 0 Å². The summed E-state index contributed by atoms with van der Waals surface area (Å²) >= 11 is 6.24. The van der Waals surface area contributed by atoms with Crippen molar-refractivity contribution in [2.45, 2.75) is 27.0 Å². The van der Waals surface area contributed by atoms with Crippen LogP contribution in [0.25, 0.3) is 0 Å². The highest BCUT2D eigenvalue weighted by Gasteiger charge is 2.14. The third-order valence-electron chi connectivity index (χ3n) is 3.09. The van der Waals surface area contributed by atoms with Crippen molar-refractivity contribution in [2.24, 2.45) is 10.9 Å². The second-order valence-corrected chi connectivity index (χ2v) is 4.81. The van der Waals surface area contributed by atoms with Crippen LogP contribution in [0.1, 0.15) is 23.9 Å². The van der Waals surface area contributed by atoms with Crippen molar-refractivity contribution in [2.75, 3.05) is 0 Å². The molecule has 0 aliphatic carbocycles. The number of oxime groups is 1. The van der Waals surface area contributed by atoms with Crippen molar-refractivity contribution in [3.05, 3.63) is 46.2 Å². The molecular formula is C14H17ClN4O2. The van der Waals surface area contributed by atoms with E-state index in [9.17, 15) is 0 Å². The monoisotopic (exact) mass is 308 g/mol. The molecule has 1 aromatic carbocycles. The van der Waals surface area contributed by atoms with E-state index in [2.05, 4.69) is 10.3 Å². The van der Waals surface area contributed by atoms with Crippen molar-refractivity contribution in [3.63, 3.8) is 0 Å². The van der Waals surface area contributed by atoms with Crippen LogP contribution >= 0.6 is 11.6 Å². The van der Waals surface area contributed by atoms with Crippen molar-refractivity contribution < 1.29 is 9.94 Å². The third-order valence-corrected chi connectivity index (χ3v) is 3.58. The molecule has 2 aromatic rings. The molecule has 21 heavy (non-hydrogen) atoms. The predicted octanol–water partition coefficient (Wildman–Crippen LogP) is 2.54. The molecule has 7 heteroatoms. The van der Waals surface area contributed by atoms with E-state index in [-0.39, 0.29) is 12.4 Å². The molecule has 1 aromatic heterocycles. The SMILES string of the molecule is CCn1nc(C)c(Cl)c1COc1ccccc1C(N)=NO. The largest absolute Gasteiger partial charge is 0.486 e. The van der Waals surface area contributed by atoms with Gasteiger partial charge in [-0.1, -0.05) is 28.9 Å². The second-order valence-electron chi connectivity index (χ2n) is 4.43. The smallest absolute Gasteiger partial charge is 0.173 e. The first-order valence-corrected chi connectivity index (χ1v) is 6.87. The number of aryl methyl sites for hydroxylation is 2. The third kappa shape index (κ3) is 3.11. The van der Waals surface area contributed by atoms with E-state index in [1.54, 1.807) is 22.9 Å². The van der Waals surface area contributed by atoms with Gasteiger partial charge in [0.05, 0.1) is 22.0 Å². The summed E-state index contributed by atoms with van der Waals surface area (Å²) < 4.78 is 7.56. The summed E-state index contributed by atoms with van der Waals surface area (Å²) in [6.07, 6.45) is 0. The zero-order valence-corrected chi connectivity index (χ0v) is 12.6. The van der Waals surface area contributed by atoms with Crippen molar-refractivity contribution >= 4 is 17.4 Å². The summed E-state index contributed by atoms with van der Waals surface area (Å²) in [5.41, 5.74) is 7.72. The minimum atomic E-state index is -0.00289. The Labute approximate surface area is 127 Å². The molecule has 0 bridgehead atoms. The van der Waals surface area contributed by atoms with Gasteiger partial charge in [0.1, 0.15) is 12.4 Å². The molecule has 0 aliphatic heterocycles. The first-order chi connectivity index (χ1) is 10.1. The fraction of sp³-hybridized carbons (Fsp3) is 0.286. The molecule has 0 fully saturated rings. The molecular weight excluding hydrogens is 292 g/mol. The lowest BCUT2D eigenvalue weighted by atomic mass is 10.2. The summed E-state index contributed by atoms with van der Waals surface area (Å²) in [5.74, 6) is 0.516. The Hall–Kier alpha value is -2.21. The van der Waals surface area contributed by atoms with Gasteiger partial charge in [-0.15, -0.1) is 0 Å². The molecule has 0 saturated carbocycles.